The molecule has 0 aromatic heterocycles. The van der Waals surface area contributed by atoms with Crippen molar-refractivity contribution in [2.45, 2.75) is 52.2 Å². The lowest BCUT2D eigenvalue weighted by Crippen LogP contribution is -2.45. The Labute approximate surface area is 208 Å². The largest absolute Gasteiger partial charge is 0.321 e. The lowest BCUT2D eigenvalue weighted by atomic mass is 10.2. The van der Waals surface area contributed by atoms with Crippen LogP contribution in [0.2, 0.25) is 0 Å². The van der Waals surface area contributed by atoms with Gasteiger partial charge in [0.1, 0.15) is 6.61 Å². The van der Waals surface area contributed by atoms with E-state index in [4.69, 9.17) is 29.3 Å². The second kappa shape index (κ2) is 20.6. The Morgan fingerprint density at radius 2 is 1.53 bits per heavy atom. The van der Waals surface area contributed by atoms with Gasteiger partial charge in [0.05, 0.1) is 45.0 Å². The minimum atomic E-state index is -1.34. The van der Waals surface area contributed by atoms with Crippen molar-refractivity contribution in [3.63, 3.8) is 0 Å². The molecule has 0 spiro atoms. The van der Waals surface area contributed by atoms with Crippen molar-refractivity contribution >= 4 is 54.5 Å². The van der Waals surface area contributed by atoms with Gasteiger partial charge >= 0.3 is 0 Å². The fourth-order valence-electron chi connectivity index (χ4n) is 2.66. The third-order valence-corrected chi connectivity index (χ3v) is 6.45. The van der Waals surface area contributed by atoms with Gasteiger partial charge < -0.3 is 9.05 Å². The summed E-state index contributed by atoms with van der Waals surface area (Å²) in [6, 6.07) is 2.21. The summed E-state index contributed by atoms with van der Waals surface area (Å²) < 4.78 is 23.4. The average molecular weight is 679 g/mol. The van der Waals surface area contributed by atoms with Crippen molar-refractivity contribution in [1.29, 1.82) is 5.26 Å². The quantitative estimate of drug-likeness (QED) is 0.0662. The van der Waals surface area contributed by atoms with Crippen LogP contribution < -0.4 is 0 Å². The van der Waals surface area contributed by atoms with Crippen LogP contribution in [0.5, 0.6) is 0 Å². The first-order chi connectivity index (χ1) is 14.4. The summed E-state index contributed by atoms with van der Waals surface area (Å²) in [5, 5.41) is 17.7. The van der Waals surface area contributed by atoms with Crippen LogP contribution in [0.1, 0.15) is 34.1 Å². The van der Waals surface area contributed by atoms with E-state index in [2.05, 4.69) is 49.8 Å². The molecule has 0 saturated carbocycles. The highest BCUT2D eigenvalue weighted by Crippen LogP contribution is 2.45. The molecule has 0 aliphatic heterocycles. The third kappa shape index (κ3) is 14.2. The molecule has 0 aliphatic rings. The van der Waals surface area contributed by atoms with Crippen LogP contribution in [0, 0.1) is 11.3 Å². The van der Waals surface area contributed by atoms with Crippen molar-refractivity contribution < 1.29 is 35.4 Å². The van der Waals surface area contributed by atoms with Gasteiger partial charge in [-0.25, -0.2) is 19.3 Å². The molecule has 0 bridgehead atoms. The van der Waals surface area contributed by atoms with Gasteiger partial charge in [-0.15, -0.1) is 0 Å². The first-order valence-corrected chi connectivity index (χ1v) is 12.3. The van der Waals surface area contributed by atoms with Gasteiger partial charge in [0.2, 0.25) is 0 Å². The van der Waals surface area contributed by atoms with Gasteiger partial charge in [-0.05, 0) is 27.7 Å². The Kier molecular flexibility index (Phi) is 21.2. The highest BCUT2D eigenvalue weighted by molar-refractivity contribution is 14.1. The molecule has 0 heterocycles. The monoisotopic (exact) mass is 679 g/mol. The summed E-state index contributed by atoms with van der Waals surface area (Å²) >= 11 is 3.27. The van der Waals surface area contributed by atoms with Gasteiger partial charge in [-0.1, -0.05) is 0 Å². The van der Waals surface area contributed by atoms with Gasteiger partial charge in [0, 0.05) is 25.2 Å². The van der Waals surface area contributed by atoms with Crippen molar-refractivity contribution in [2.75, 3.05) is 46.1 Å². The number of halogens is 2. The fraction of sp³-hybridized carbons (Fsp3) is 0.938. The molecule has 0 aliphatic carbocycles. The van der Waals surface area contributed by atoms with E-state index in [1.807, 2.05) is 4.90 Å². The molecule has 0 saturated heterocycles. The van der Waals surface area contributed by atoms with Crippen LogP contribution in [-0.4, -0.2) is 79.1 Å². The second-order valence-electron chi connectivity index (χ2n) is 6.60. The summed E-state index contributed by atoms with van der Waals surface area (Å²) in [5.41, 5.74) is 0. The highest BCUT2D eigenvalue weighted by atomic mass is 127. The highest BCUT2D eigenvalue weighted by Gasteiger charge is 2.28. The molecule has 0 amide bonds. The molecule has 0 rings (SSSR count). The smallest absolute Gasteiger partial charge is 0.259 e. The fourth-order valence-corrected chi connectivity index (χ4v) is 4.57. The number of hydrogen-bond donors (Lipinski definition) is 1. The Morgan fingerprint density at radius 3 is 2.07 bits per heavy atom. The van der Waals surface area contributed by atoms with Crippen LogP contribution in [-0.2, 0) is 30.1 Å². The predicted octanol–water partition coefficient (Wildman–Crippen LogP) is 4.04. The molecule has 0 aromatic rings. The maximum absolute atomic E-state index is 8.92. The molecule has 2 atom stereocenters. The molecule has 0 aromatic carbocycles. The van der Waals surface area contributed by atoms with Crippen molar-refractivity contribution in [1.82, 2.24) is 9.57 Å². The van der Waals surface area contributed by atoms with E-state index in [1.54, 1.807) is 46.0 Å². The Balaban J connectivity index is 5.05. The molecule has 11 nitrogen and oxygen atoms in total. The topological polar surface area (TPSA) is 115 Å². The van der Waals surface area contributed by atoms with Crippen LogP contribution in [0.15, 0.2) is 0 Å². The molecular formula is C16H32I2N3O8P. The van der Waals surface area contributed by atoms with Gasteiger partial charge in [-0.3, -0.25) is 10.2 Å². The van der Waals surface area contributed by atoms with Crippen LogP contribution >= 0.6 is 54.5 Å². The Hall–Kier alpha value is 0.980. The first-order valence-electron chi connectivity index (χ1n) is 9.44. The Bertz CT molecular complexity index is 443. The lowest BCUT2D eigenvalue weighted by Gasteiger charge is -2.36. The first kappa shape index (κ1) is 31.0. The lowest BCUT2D eigenvalue weighted by molar-refractivity contribution is -0.265. The van der Waals surface area contributed by atoms with E-state index in [-0.39, 0.29) is 31.3 Å². The van der Waals surface area contributed by atoms with Crippen LogP contribution in [0.25, 0.3) is 0 Å². The minimum Gasteiger partial charge on any atom is -0.321 e. The van der Waals surface area contributed by atoms with E-state index in [9.17, 15) is 0 Å². The summed E-state index contributed by atoms with van der Waals surface area (Å²) in [6.07, 6.45) is 0.301. The van der Waals surface area contributed by atoms with E-state index in [0.717, 1.165) is 0 Å². The maximum atomic E-state index is 8.92. The van der Waals surface area contributed by atoms with E-state index < -0.39 is 8.53 Å². The van der Waals surface area contributed by atoms with Crippen molar-refractivity contribution in [2.24, 2.45) is 0 Å². The number of hydrogen-bond acceptors (Lipinski definition) is 11. The Morgan fingerprint density at radius 1 is 0.933 bits per heavy atom. The third-order valence-electron chi connectivity index (χ3n) is 3.84. The van der Waals surface area contributed by atoms with E-state index in [1.165, 1.54) is 0 Å². The van der Waals surface area contributed by atoms with Crippen LogP contribution in [0.3, 0.4) is 0 Å². The summed E-state index contributed by atoms with van der Waals surface area (Å²) in [5.74, 6) is 0. The second-order valence-corrected chi connectivity index (χ2v) is 8.77. The molecule has 178 valence electrons. The average Bonchev–Trinajstić information content (AvgIpc) is 2.69. The standard InChI is InChI=1S/C16H32I2N3O8P/c1-14(2)21(15(3)4)30(26-9-5-6-19)27-11-8-20(7-10-24-28-17)16(12-23-22)13-25-29-18/h14-16,22H,5,7-13H2,1-4H3. The number of rotatable bonds is 20. The molecular weight excluding hydrogens is 647 g/mol. The number of nitrogens with zero attached hydrogens (tertiary/aromatic N) is 3. The molecule has 2 unspecified atom stereocenters. The zero-order valence-corrected chi connectivity index (χ0v) is 22.9. The summed E-state index contributed by atoms with van der Waals surface area (Å²) in [7, 11) is -1.34. The van der Waals surface area contributed by atoms with Gasteiger partial charge in [-0.2, -0.15) is 11.7 Å². The SMILES string of the molecule is CC(C)N(C(C)C)P(OCCC#N)OCCN(CCOOI)C(COO)COOI. The summed E-state index contributed by atoms with van der Waals surface area (Å²) in [4.78, 5) is 16.3. The van der Waals surface area contributed by atoms with E-state index in [0.29, 0.717) is 39.3 Å². The predicted molar refractivity (Wildman–Crippen MR) is 127 cm³/mol. The molecule has 0 fully saturated rings. The summed E-state index contributed by atoms with van der Waals surface area (Å²) in [6.45, 7) is 10.4. The zero-order chi connectivity index (χ0) is 22.8. The van der Waals surface area contributed by atoms with Gasteiger partial charge in [0.15, 0.2) is 46.0 Å². The normalized spacial score (nSPS) is 14.1. The molecule has 14 heteroatoms. The molecule has 1 N–H and O–H groups in total. The van der Waals surface area contributed by atoms with Crippen LogP contribution in [0.4, 0.5) is 0 Å². The van der Waals surface area contributed by atoms with Gasteiger partial charge in [0.25, 0.3) is 8.53 Å². The molecule has 30 heavy (non-hydrogen) atoms. The minimum absolute atomic E-state index is 0.0165. The number of nitriles is 1. The zero-order valence-electron chi connectivity index (χ0n) is 17.7. The maximum Gasteiger partial charge on any atom is 0.259 e. The van der Waals surface area contributed by atoms with Crippen molar-refractivity contribution in [3.05, 3.63) is 0 Å². The van der Waals surface area contributed by atoms with Crippen molar-refractivity contribution in [3.8, 4) is 6.07 Å². The molecule has 0 radical (unpaired) electrons. The van der Waals surface area contributed by atoms with E-state index >= 15 is 0 Å².